The molecule has 0 unspecified atom stereocenters. The van der Waals surface area contributed by atoms with Crippen LogP contribution in [-0.4, -0.2) is 15.7 Å². The van der Waals surface area contributed by atoms with Gasteiger partial charge in [0.1, 0.15) is 6.04 Å². The van der Waals surface area contributed by atoms with Crippen LogP contribution in [0, 0.1) is 13.8 Å². The fourth-order valence-electron chi connectivity index (χ4n) is 3.97. The number of nitrogens with one attached hydrogen (secondary N) is 1. The maximum atomic E-state index is 13.4. The van der Waals surface area contributed by atoms with Crippen molar-refractivity contribution in [3.63, 3.8) is 0 Å². The van der Waals surface area contributed by atoms with Crippen molar-refractivity contribution in [3.8, 4) is 0 Å². The van der Waals surface area contributed by atoms with Gasteiger partial charge in [-0.3, -0.25) is 9.59 Å². The molecular weight excluding hydrogens is 394 g/mol. The maximum absolute atomic E-state index is 13.4. The Balaban J connectivity index is 1.82. The molecule has 0 bridgehead atoms. The molecule has 1 N–H and O–H groups in total. The van der Waals surface area contributed by atoms with Gasteiger partial charge in [0.2, 0.25) is 5.91 Å². The average Bonchev–Trinajstić information content (AvgIpc) is 3.14. The number of anilines is 1. The van der Waals surface area contributed by atoms with Crippen molar-refractivity contribution >= 4 is 43.1 Å². The minimum atomic E-state index is -0.677. The van der Waals surface area contributed by atoms with Crippen molar-refractivity contribution < 1.29 is 4.79 Å². The summed E-state index contributed by atoms with van der Waals surface area (Å²) in [7, 11) is 0. The number of rotatable bonds is 5. The predicted molar refractivity (Wildman–Crippen MR) is 125 cm³/mol. The SMILES string of the molecule is CCc1cccc(C)c1NC(=O)[C@H](CC)n1nc(C)c2sc3ccccc3c2c1=O. The summed E-state index contributed by atoms with van der Waals surface area (Å²) in [5.41, 5.74) is 3.47. The summed E-state index contributed by atoms with van der Waals surface area (Å²) in [6.45, 7) is 7.84. The summed E-state index contributed by atoms with van der Waals surface area (Å²) < 4.78 is 3.31. The molecule has 0 saturated carbocycles. The van der Waals surface area contributed by atoms with E-state index >= 15 is 0 Å². The van der Waals surface area contributed by atoms with Crippen LogP contribution in [0.15, 0.2) is 47.3 Å². The average molecular weight is 420 g/mol. The van der Waals surface area contributed by atoms with E-state index in [1.54, 1.807) is 11.3 Å². The number of thiophene rings is 1. The lowest BCUT2D eigenvalue weighted by atomic mass is 10.1. The molecule has 2 aromatic heterocycles. The normalized spacial score (nSPS) is 12.4. The molecule has 1 atom stereocenters. The largest absolute Gasteiger partial charge is 0.324 e. The van der Waals surface area contributed by atoms with Crippen molar-refractivity contribution in [1.29, 1.82) is 0 Å². The number of carbonyl (C=O) groups is 1. The third-order valence-corrected chi connectivity index (χ3v) is 6.86. The zero-order valence-electron chi connectivity index (χ0n) is 17.7. The molecule has 6 heteroatoms. The Morgan fingerprint density at radius 1 is 1.13 bits per heavy atom. The Labute approximate surface area is 179 Å². The smallest absolute Gasteiger partial charge is 0.276 e. The fourth-order valence-corrected chi connectivity index (χ4v) is 5.10. The Bertz CT molecular complexity index is 1320. The molecule has 0 spiro atoms. The Hall–Kier alpha value is -2.99. The van der Waals surface area contributed by atoms with Crippen molar-refractivity contribution in [2.75, 3.05) is 5.32 Å². The highest BCUT2D eigenvalue weighted by Gasteiger charge is 2.25. The van der Waals surface area contributed by atoms with Gasteiger partial charge < -0.3 is 5.32 Å². The quantitative estimate of drug-likeness (QED) is 0.472. The second kappa shape index (κ2) is 8.03. The molecule has 0 radical (unpaired) electrons. The van der Waals surface area contributed by atoms with E-state index in [9.17, 15) is 9.59 Å². The highest BCUT2D eigenvalue weighted by Crippen LogP contribution is 2.33. The number of amides is 1. The first-order chi connectivity index (χ1) is 14.5. The van der Waals surface area contributed by atoms with E-state index < -0.39 is 6.04 Å². The Morgan fingerprint density at radius 3 is 2.63 bits per heavy atom. The number of aromatic nitrogens is 2. The number of carbonyl (C=O) groups excluding carboxylic acids is 1. The van der Waals surface area contributed by atoms with E-state index in [1.165, 1.54) is 4.68 Å². The zero-order chi connectivity index (χ0) is 21.4. The van der Waals surface area contributed by atoms with Crippen LogP contribution >= 0.6 is 11.3 Å². The van der Waals surface area contributed by atoms with E-state index in [4.69, 9.17) is 0 Å². The zero-order valence-corrected chi connectivity index (χ0v) is 18.5. The standard InChI is InChI=1S/C24H25N3O2S/c1-5-16-11-9-10-14(3)21(16)25-23(28)18(6-2)27-24(29)20-17-12-7-8-13-19(17)30-22(20)15(4)26-27/h7-13,18H,5-6H2,1-4H3,(H,25,28)/t18-/m0/s1. The monoisotopic (exact) mass is 419 g/mol. The third-order valence-electron chi connectivity index (χ3n) is 5.58. The lowest BCUT2D eigenvalue weighted by Crippen LogP contribution is -2.35. The van der Waals surface area contributed by atoms with Gasteiger partial charge in [0, 0.05) is 15.8 Å². The van der Waals surface area contributed by atoms with Crippen LogP contribution < -0.4 is 10.9 Å². The lowest BCUT2D eigenvalue weighted by molar-refractivity contribution is -0.119. The molecule has 2 heterocycles. The first-order valence-corrected chi connectivity index (χ1v) is 11.1. The van der Waals surface area contributed by atoms with Crippen LogP contribution in [0.1, 0.15) is 43.1 Å². The number of fused-ring (bicyclic) bond motifs is 3. The van der Waals surface area contributed by atoms with Crippen molar-refractivity contribution in [1.82, 2.24) is 9.78 Å². The first-order valence-electron chi connectivity index (χ1n) is 10.3. The van der Waals surface area contributed by atoms with Crippen LogP contribution in [0.2, 0.25) is 0 Å². The molecule has 0 saturated heterocycles. The number of aryl methyl sites for hydroxylation is 3. The van der Waals surface area contributed by atoms with Gasteiger partial charge in [0.15, 0.2) is 0 Å². The molecule has 0 fully saturated rings. The fraction of sp³-hybridized carbons (Fsp3) is 0.292. The van der Waals surface area contributed by atoms with Gasteiger partial charge >= 0.3 is 0 Å². The molecular formula is C24H25N3O2S. The molecule has 154 valence electrons. The predicted octanol–water partition coefficient (Wildman–Crippen LogP) is 5.38. The molecule has 5 nitrogen and oxygen atoms in total. The lowest BCUT2D eigenvalue weighted by Gasteiger charge is -2.20. The molecule has 4 rings (SSSR count). The van der Waals surface area contributed by atoms with Gasteiger partial charge in [-0.15, -0.1) is 11.3 Å². The molecule has 0 aliphatic rings. The summed E-state index contributed by atoms with van der Waals surface area (Å²) in [6.07, 6.45) is 1.29. The summed E-state index contributed by atoms with van der Waals surface area (Å²) in [4.78, 5) is 26.7. The topological polar surface area (TPSA) is 64.0 Å². The van der Waals surface area contributed by atoms with Gasteiger partial charge in [-0.1, -0.05) is 50.2 Å². The van der Waals surface area contributed by atoms with Gasteiger partial charge in [-0.2, -0.15) is 5.10 Å². The van der Waals surface area contributed by atoms with Crippen LogP contribution in [0.4, 0.5) is 5.69 Å². The number of hydrogen-bond acceptors (Lipinski definition) is 4. The number of nitrogens with zero attached hydrogens (tertiary/aromatic N) is 2. The van der Waals surface area contributed by atoms with E-state index in [1.807, 2.05) is 63.2 Å². The molecule has 0 aliphatic heterocycles. The minimum Gasteiger partial charge on any atom is -0.324 e. The molecule has 0 aliphatic carbocycles. The number of hydrogen-bond donors (Lipinski definition) is 1. The second-order valence-electron chi connectivity index (χ2n) is 7.51. The molecule has 30 heavy (non-hydrogen) atoms. The van der Waals surface area contributed by atoms with E-state index in [0.29, 0.717) is 11.8 Å². The maximum Gasteiger partial charge on any atom is 0.276 e. The summed E-state index contributed by atoms with van der Waals surface area (Å²) in [6, 6.07) is 13.2. The van der Waals surface area contributed by atoms with Crippen molar-refractivity contribution in [2.24, 2.45) is 0 Å². The Morgan fingerprint density at radius 2 is 1.90 bits per heavy atom. The highest BCUT2D eigenvalue weighted by atomic mass is 32.1. The Kier molecular flexibility index (Phi) is 5.43. The summed E-state index contributed by atoms with van der Waals surface area (Å²) in [5.74, 6) is -0.214. The van der Waals surface area contributed by atoms with E-state index in [2.05, 4.69) is 17.3 Å². The number of benzene rings is 2. The van der Waals surface area contributed by atoms with Gasteiger partial charge in [0.05, 0.1) is 15.8 Å². The van der Waals surface area contributed by atoms with Crippen LogP contribution in [0.25, 0.3) is 20.2 Å². The van der Waals surface area contributed by atoms with Gasteiger partial charge in [0.25, 0.3) is 5.56 Å². The first kappa shape index (κ1) is 20.3. The highest BCUT2D eigenvalue weighted by molar-refractivity contribution is 7.26. The van der Waals surface area contributed by atoms with Gasteiger partial charge in [-0.05, 0) is 43.9 Å². The van der Waals surface area contributed by atoms with Crippen LogP contribution in [0.5, 0.6) is 0 Å². The van der Waals surface area contributed by atoms with E-state index in [-0.39, 0.29) is 11.5 Å². The summed E-state index contributed by atoms with van der Waals surface area (Å²) in [5, 5.41) is 9.19. The molecule has 2 aromatic carbocycles. The molecule has 4 aromatic rings. The van der Waals surface area contributed by atoms with Crippen LogP contribution in [0.3, 0.4) is 0 Å². The van der Waals surface area contributed by atoms with Crippen LogP contribution in [-0.2, 0) is 11.2 Å². The van der Waals surface area contributed by atoms with Crippen molar-refractivity contribution in [3.05, 3.63) is 69.6 Å². The second-order valence-corrected chi connectivity index (χ2v) is 8.57. The minimum absolute atomic E-state index is 0.212. The van der Waals surface area contributed by atoms with Gasteiger partial charge in [-0.25, -0.2) is 4.68 Å². The summed E-state index contributed by atoms with van der Waals surface area (Å²) >= 11 is 1.57. The molecule has 1 amide bonds. The third kappa shape index (κ3) is 3.31. The van der Waals surface area contributed by atoms with Crippen molar-refractivity contribution in [2.45, 2.75) is 46.6 Å². The number of para-hydroxylation sites is 1. The van der Waals surface area contributed by atoms with E-state index in [0.717, 1.165) is 43.7 Å².